The third kappa shape index (κ3) is 5.88. The van der Waals surface area contributed by atoms with Crippen LogP contribution in [0.25, 0.3) is 0 Å². The number of fused-ring (bicyclic) bond motifs is 2. The first kappa shape index (κ1) is 30.4. The number of hydrogen-bond donors (Lipinski definition) is 2. The first-order chi connectivity index (χ1) is 22.4. The van der Waals surface area contributed by atoms with E-state index in [4.69, 9.17) is 9.47 Å². The number of methoxy groups -OCH3 is 2. The molecule has 0 spiro atoms. The van der Waals surface area contributed by atoms with Crippen LogP contribution in [0.3, 0.4) is 0 Å². The van der Waals surface area contributed by atoms with Gasteiger partial charge < -0.3 is 20.1 Å². The SMILES string of the molecule is COc1cccc(OC)c1C(=O)Nc1cccc(SC(C(=O)Nc2cccc3c2C(=O)c2ccccc2C3=O)c2ccccc2)c1. The van der Waals surface area contributed by atoms with Crippen molar-refractivity contribution in [1.82, 2.24) is 0 Å². The summed E-state index contributed by atoms with van der Waals surface area (Å²) in [7, 11) is 2.96. The Hall–Kier alpha value is -5.67. The van der Waals surface area contributed by atoms with Crippen LogP contribution < -0.4 is 20.1 Å². The quantitative estimate of drug-likeness (QED) is 0.163. The second kappa shape index (κ2) is 13.1. The molecule has 1 atom stereocenters. The summed E-state index contributed by atoms with van der Waals surface area (Å²) in [5.41, 5.74) is 2.84. The number of ketones is 2. The van der Waals surface area contributed by atoms with Crippen LogP contribution in [0.2, 0.25) is 0 Å². The van der Waals surface area contributed by atoms with Crippen molar-refractivity contribution < 1.29 is 28.7 Å². The molecule has 0 saturated heterocycles. The molecule has 0 heterocycles. The van der Waals surface area contributed by atoms with Crippen molar-refractivity contribution in [1.29, 1.82) is 0 Å². The van der Waals surface area contributed by atoms with Gasteiger partial charge in [-0.25, -0.2) is 0 Å². The summed E-state index contributed by atoms with van der Waals surface area (Å²) in [6.07, 6.45) is 0. The molecule has 1 aliphatic carbocycles. The molecular weight excluding hydrogens is 600 g/mol. The highest BCUT2D eigenvalue weighted by atomic mass is 32.2. The maximum absolute atomic E-state index is 14.0. The van der Waals surface area contributed by atoms with E-state index in [2.05, 4.69) is 10.6 Å². The van der Waals surface area contributed by atoms with Crippen molar-refractivity contribution in [3.63, 3.8) is 0 Å². The largest absolute Gasteiger partial charge is 0.496 e. The zero-order chi connectivity index (χ0) is 32.2. The van der Waals surface area contributed by atoms with Crippen molar-refractivity contribution in [3.8, 4) is 11.5 Å². The van der Waals surface area contributed by atoms with Gasteiger partial charge in [-0.1, -0.05) is 78.9 Å². The van der Waals surface area contributed by atoms with Crippen molar-refractivity contribution in [2.75, 3.05) is 24.9 Å². The number of amides is 2. The van der Waals surface area contributed by atoms with Gasteiger partial charge in [0.2, 0.25) is 5.91 Å². The maximum Gasteiger partial charge on any atom is 0.263 e. The van der Waals surface area contributed by atoms with E-state index in [0.717, 1.165) is 5.56 Å². The summed E-state index contributed by atoms with van der Waals surface area (Å²) < 4.78 is 10.8. The van der Waals surface area contributed by atoms with Crippen LogP contribution in [-0.2, 0) is 4.79 Å². The van der Waals surface area contributed by atoms with Gasteiger partial charge in [0.25, 0.3) is 5.91 Å². The number of ether oxygens (including phenoxy) is 2. The Balaban J connectivity index is 1.28. The van der Waals surface area contributed by atoms with E-state index in [9.17, 15) is 19.2 Å². The van der Waals surface area contributed by atoms with Gasteiger partial charge in [0, 0.05) is 27.3 Å². The van der Waals surface area contributed by atoms with Crippen LogP contribution in [0, 0.1) is 0 Å². The molecule has 2 amide bonds. The highest BCUT2D eigenvalue weighted by Gasteiger charge is 2.33. The van der Waals surface area contributed by atoms with Gasteiger partial charge in [0.1, 0.15) is 22.3 Å². The third-order valence-corrected chi connectivity index (χ3v) is 8.80. The monoisotopic (exact) mass is 628 g/mol. The van der Waals surface area contributed by atoms with Gasteiger partial charge in [0.15, 0.2) is 11.6 Å². The lowest BCUT2D eigenvalue weighted by molar-refractivity contribution is -0.115. The second-order valence-electron chi connectivity index (χ2n) is 10.3. The lowest BCUT2D eigenvalue weighted by Crippen LogP contribution is -2.25. The van der Waals surface area contributed by atoms with Crippen LogP contribution in [0.15, 0.2) is 120 Å². The molecule has 0 bridgehead atoms. The van der Waals surface area contributed by atoms with E-state index in [1.54, 1.807) is 78.9 Å². The minimum Gasteiger partial charge on any atom is -0.496 e. The Morgan fingerprint density at radius 3 is 1.96 bits per heavy atom. The summed E-state index contributed by atoms with van der Waals surface area (Å²) >= 11 is 1.28. The van der Waals surface area contributed by atoms with Crippen molar-refractivity contribution in [2.24, 2.45) is 0 Å². The van der Waals surface area contributed by atoms with Gasteiger partial charge in [0.05, 0.1) is 25.5 Å². The molecule has 228 valence electrons. The average Bonchev–Trinajstić information content (AvgIpc) is 3.09. The molecule has 9 heteroatoms. The molecule has 46 heavy (non-hydrogen) atoms. The number of benzene rings is 5. The zero-order valence-electron chi connectivity index (χ0n) is 24.9. The Bertz CT molecular complexity index is 1970. The van der Waals surface area contributed by atoms with E-state index >= 15 is 0 Å². The molecule has 5 aromatic carbocycles. The Labute approximate surface area is 269 Å². The molecule has 0 saturated carbocycles. The van der Waals surface area contributed by atoms with Gasteiger partial charge in [-0.2, -0.15) is 0 Å². The lowest BCUT2D eigenvalue weighted by atomic mass is 9.83. The highest BCUT2D eigenvalue weighted by molar-refractivity contribution is 8.00. The summed E-state index contributed by atoms with van der Waals surface area (Å²) in [6, 6.07) is 33.1. The van der Waals surface area contributed by atoms with Gasteiger partial charge in [-0.3, -0.25) is 19.2 Å². The predicted molar refractivity (Wildman–Crippen MR) is 177 cm³/mol. The zero-order valence-corrected chi connectivity index (χ0v) is 25.7. The molecule has 0 aliphatic heterocycles. The van der Waals surface area contributed by atoms with E-state index in [0.29, 0.717) is 33.2 Å². The normalized spacial score (nSPS) is 12.4. The molecule has 8 nitrogen and oxygen atoms in total. The van der Waals surface area contributed by atoms with E-state index in [1.807, 2.05) is 36.4 Å². The predicted octanol–water partition coefficient (Wildman–Crippen LogP) is 7.20. The molecule has 0 radical (unpaired) electrons. The second-order valence-corrected chi connectivity index (χ2v) is 11.5. The van der Waals surface area contributed by atoms with Gasteiger partial charge in [-0.05, 0) is 42.0 Å². The molecule has 5 aromatic rings. The summed E-state index contributed by atoms with van der Waals surface area (Å²) in [6.45, 7) is 0. The number of thioether (sulfide) groups is 1. The molecule has 0 aromatic heterocycles. The molecule has 1 aliphatic rings. The average molecular weight is 629 g/mol. The number of carbonyl (C=O) groups is 4. The topological polar surface area (TPSA) is 111 Å². The van der Waals surface area contributed by atoms with Crippen LogP contribution in [0.4, 0.5) is 11.4 Å². The van der Waals surface area contributed by atoms with Crippen molar-refractivity contribution in [3.05, 3.63) is 149 Å². The Morgan fingerprint density at radius 2 is 1.26 bits per heavy atom. The van der Waals surface area contributed by atoms with Gasteiger partial charge in [-0.15, -0.1) is 11.8 Å². The summed E-state index contributed by atoms with van der Waals surface area (Å²) in [5, 5.41) is 5.10. The summed E-state index contributed by atoms with van der Waals surface area (Å²) in [5.74, 6) is -0.634. The highest BCUT2D eigenvalue weighted by Crippen LogP contribution is 2.39. The number of rotatable bonds is 9. The van der Waals surface area contributed by atoms with Crippen LogP contribution in [-0.4, -0.2) is 37.6 Å². The van der Waals surface area contributed by atoms with Crippen LogP contribution in [0.5, 0.6) is 11.5 Å². The lowest BCUT2D eigenvalue weighted by Gasteiger charge is -2.22. The molecule has 6 rings (SSSR count). The van der Waals surface area contributed by atoms with E-state index < -0.39 is 11.2 Å². The number of hydrogen-bond acceptors (Lipinski definition) is 7. The minimum atomic E-state index is -0.737. The summed E-state index contributed by atoms with van der Waals surface area (Å²) in [4.78, 5) is 54.8. The van der Waals surface area contributed by atoms with Crippen molar-refractivity contribution in [2.45, 2.75) is 10.1 Å². The molecule has 1 unspecified atom stereocenters. The molecule has 2 N–H and O–H groups in total. The smallest absolute Gasteiger partial charge is 0.263 e. The first-order valence-electron chi connectivity index (χ1n) is 14.4. The van der Waals surface area contributed by atoms with Crippen LogP contribution >= 0.6 is 11.8 Å². The maximum atomic E-state index is 14.0. The van der Waals surface area contributed by atoms with E-state index in [-0.39, 0.29) is 39.9 Å². The fraction of sp³-hybridized carbons (Fsp3) is 0.0811. The third-order valence-electron chi connectivity index (χ3n) is 7.55. The van der Waals surface area contributed by atoms with Crippen molar-refractivity contribution >= 4 is 46.5 Å². The van der Waals surface area contributed by atoms with E-state index in [1.165, 1.54) is 26.0 Å². The molecular formula is C37H28N2O6S. The Kier molecular flexibility index (Phi) is 8.67. The Morgan fingerprint density at radius 1 is 0.652 bits per heavy atom. The standard InChI is InChI=1S/C37H28N2O6S/c1-44-29-19-10-20-30(45-2)32(29)36(42)38-23-13-8-14-24(21-23)46-35(22-11-4-3-5-12-22)37(43)39-28-18-9-17-27-31(28)34(41)26-16-7-6-15-25(26)33(27)40/h3-21,35H,1-2H3,(H,38,42)(H,39,43). The molecule has 0 fully saturated rings. The number of carbonyl (C=O) groups excluding carboxylic acids is 4. The fourth-order valence-electron chi connectivity index (χ4n) is 5.40. The number of nitrogens with one attached hydrogen (secondary N) is 2. The number of anilines is 2. The van der Waals surface area contributed by atoms with Gasteiger partial charge >= 0.3 is 0 Å². The fourth-order valence-corrected chi connectivity index (χ4v) is 6.48. The first-order valence-corrected chi connectivity index (χ1v) is 15.2. The minimum absolute atomic E-state index is 0.174. The van der Waals surface area contributed by atoms with Crippen LogP contribution in [0.1, 0.15) is 53.0 Å².